The third-order valence-corrected chi connectivity index (χ3v) is 3.73. The van der Waals surface area contributed by atoms with Gasteiger partial charge < -0.3 is 15.2 Å². The molecule has 2 rings (SSSR count). The van der Waals surface area contributed by atoms with E-state index in [-0.39, 0.29) is 12.4 Å². The van der Waals surface area contributed by atoms with Gasteiger partial charge in [-0.15, -0.1) is 11.3 Å². The smallest absolute Gasteiger partial charge is 0.123 e. The van der Waals surface area contributed by atoms with E-state index in [1.165, 1.54) is 21.9 Å². The molecule has 0 aliphatic rings. The highest BCUT2D eigenvalue weighted by atomic mass is 32.1. The van der Waals surface area contributed by atoms with E-state index in [1.807, 2.05) is 0 Å². The van der Waals surface area contributed by atoms with Gasteiger partial charge in [-0.3, -0.25) is 0 Å². The molecule has 20 heavy (non-hydrogen) atoms. The number of hydrogen-bond acceptors (Lipinski definition) is 4. The molecular weight excluding hydrogens is 277 g/mol. The zero-order chi connectivity index (χ0) is 14.4. The van der Waals surface area contributed by atoms with E-state index < -0.39 is 6.10 Å². The molecule has 0 aliphatic heterocycles. The molecule has 3 nitrogen and oxygen atoms in total. The Hall–Kier alpha value is -1.43. The van der Waals surface area contributed by atoms with Crippen LogP contribution in [0.1, 0.15) is 9.75 Å². The molecule has 5 heteroatoms. The van der Waals surface area contributed by atoms with E-state index in [9.17, 15) is 9.50 Å². The largest absolute Gasteiger partial charge is 0.491 e. The number of rotatable bonds is 7. The van der Waals surface area contributed by atoms with Crippen LogP contribution in [0.2, 0.25) is 0 Å². The van der Waals surface area contributed by atoms with E-state index in [0.717, 1.165) is 6.54 Å². The van der Waals surface area contributed by atoms with E-state index >= 15 is 0 Å². The first kappa shape index (κ1) is 15.0. The number of aryl methyl sites for hydroxylation is 1. The number of aliphatic hydroxyl groups excluding tert-OH is 1. The van der Waals surface area contributed by atoms with Crippen molar-refractivity contribution in [1.82, 2.24) is 5.32 Å². The lowest BCUT2D eigenvalue weighted by Gasteiger charge is -2.13. The Balaban J connectivity index is 1.65. The van der Waals surface area contributed by atoms with Gasteiger partial charge in [0.1, 0.15) is 24.3 Å². The van der Waals surface area contributed by atoms with Crippen LogP contribution in [-0.4, -0.2) is 24.4 Å². The van der Waals surface area contributed by atoms with Crippen LogP contribution < -0.4 is 10.1 Å². The van der Waals surface area contributed by atoms with Crippen LogP contribution in [0.5, 0.6) is 5.75 Å². The third-order valence-electron chi connectivity index (χ3n) is 2.73. The molecule has 0 radical (unpaired) electrons. The third kappa shape index (κ3) is 4.92. The molecule has 1 atom stereocenters. The number of ether oxygens (including phenoxy) is 1. The number of nitrogens with one attached hydrogen (secondary N) is 1. The summed E-state index contributed by atoms with van der Waals surface area (Å²) >= 11 is 1.74. The molecule has 0 saturated heterocycles. The van der Waals surface area contributed by atoms with Crippen molar-refractivity contribution in [3.8, 4) is 5.75 Å². The SMILES string of the molecule is Cc1ccc(CNCC(O)COc2ccc(F)cc2)s1. The molecular formula is C15H18FNO2S. The molecule has 0 fully saturated rings. The highest BCUT2D eigenvalue weighted by Crippen LogP contribution is 2.14. The van der Waals surface area contributed by atoms with Gasteiger partial charge in [-0.2, -0.15) is 0 Å². The molecule has 1 unspecified atom stereocenters. The Morgan fingerprint density at radius 3 is 2.65 bits per heavy atom. The fourth-order valence-electron chi connectivity index (χ4n) is 1.72. The first-order valence-corrected chi connectivity index (χ1v) is 7.27. The summed E-state index contributed by atoms with van der Waals surface area (Å²) in [5.74, 6) is 0.255. The number of halogens is 1. The predicted octanol–water partition coefficient (Wildman–Crippen LogP) is 2.73. The van der Waals surface area contributed by atoms with Gasteiger partial charge in [0, 0.05) is 22.8 Å². The van der Waals surface area contributed by atoms with Gasteiger partial charge in [-0.25, -0.2) is 4.39 Å². The summed E-state index contributed by atoms with van der Waals surface area (Å²) < 4.78 is 18.1. The lowest BCUT2D eigenvalue weighted by molar-refractivity contribution is 0.106. The maximum atomic E-state index is 12.7. The Labute approximate surface area is 122 Å². The van der Waals surface area contributed by atoms with Gasteiger partial charge in [0.2, 0.25) is 0 Å². The molecule has 0 spiro atoms. The summed E-state index contributed by atoms with van der Waals surface area (Å²) in [6.45, 7) is 3.45. The van der Waals surface area contributed by atoms with Crippen LogP contribution in [0, 0.1) is 12.7 Å². The highest BCUT2D eigenvalue weighted by Gasteiger charge is 2.05. The quantitative estimate of drug-likeness (QED) is 0.825. The van der Waals surface area contributed by atoms with Gasteiger partial charge in [0.25, 0.3) is 0 Å². The zero-order valence-electron chi connectivity index (χ0n) is 11.3. The van der Waals surface area contributed by atoms with Crippen molar-refractivity contribution in [3.63, 3.8) is 0 Å². The summed E-state index contributed by atoms with van der Waals surface area (Å²) in [6.07, 6.45) is -0.596. The standard InChI is InChI=1S/C15H18FNO2S/c1-11-2-7-15(20-11)9-17-8-13(18)10-19-14-5-3-12(16)4-6-14/h2-7,13,17-18H,8-10H2,1H3. The fraction of sp³-hybridized carbons (Fsp3) is 0.333. The summed E-state index contributed by atoms with van der Waals surface area (Å²) in [7, 11) is 0. The first-order chi connectivity index (χ1) is 9.63. The molecule has 1 aromatic heterocycles. The van der Waals surface area contributed by atoms with Crippen molar-refractivity contribution in [2.45, 2.75) is 19.6 Å². The summed E-state index contributed by atoms with van der Waals surface area (Å²) in [5, 5.41) is 13.0. The van der Waals surface area contributed by atoms with Crippen LogP contribution in [0.3, 0.4) is 0 Å². The summed E-state index contributed by atoms with van der Waals surface area (Å²) in [4.78, 5) is 2.52. The van der Waals surface area contributed by atoms with Gasteiger partial charge in [0.05, 0.1) is 0 Å². The minimum atomic E-state index is -0.596. The average Bonchev–Trinajstić information content (AvgIpc) is 2.84. The Bertz CT molecular complexity index is 527. The van der Waals surface area contributed by atoms with Gasteiger partial charge in [0.15, 0.2) is 0 Å². The summed E-state index contributed by atoms with van der Waals surface area (Å²) in [5.41, 5.74) is 0. The molecule has 0 bridgehead atoms. The van der Waals surface area contributed by atoms with Gasteiger partial charge >= 0.3 is 0 Å². The summed E-state index contributed by atoms with van der Waals surface area (Å²) in [6, 6.07) is 9.91. The number of benzene rings is 1. The second kappa shape index (κ2) is 7.38. The van der Waals surface area contributed by atoms with Crippen molar-refractivity contribution in [2.24, 2.45) is 0 Å². The number of hydrogen-bond donors (Lipinski definition) is 2. The van der Waals surface area contributed by atoms with Crippen LogP contribution >= 0.6 is 11.3 Å². The maximum absolute atomic E-state index is 12.7. The van der Waals surface area contributed by atoms with Crippen LogP contribution in [-0.2, 0) is 6.54 Å². The van der Waals surface area contributed by atoms with Crippen molar-refractivity contribution in [1.29, 1.82) is 0 Å². The molecule has 108 valence electrons. The van der Waals surface area contributed by atoms with Crippen molar-refractivity contribution >= 4 is 11.3 Å². The monoisotopic (exact) mass is 295 g/mol. The fourth-order valence-corrected chi connectivity index (χ4v) is 2.58. The van der Waals surface area contributed by atoms with Crippen LogP contribution in [0.15, 0.2) is 36.4 Å². The molecule has 2 aromatic rings. The average molecular weight is 295 g/mol. The normalized spacial score (nSPS) is 12.3. The minimum Gasteiger partial charge on any atom is -0.491 e. The minimum absolute atomic E-state index is 0.183. The lowest BCUT2D eigenvalue weighted by atomic mass is 10.3. The lowest BCUT2D eigenvalue weighted by Crippen LogP contribution is -2.30. The van der Waals surface area contributed by atoms with Crippen molar-refractivity contribution in [3.05, 3.63) is 52.0 Å². The Kier molecular flexibility index (Phi) is 5.52. The number of aliphatic hydroxyl groups is 1. The Morgan fingerprint density at radius 2 is 2.00 bits per heavy atom. The number of thiophene rings is 1. The van der Waals surface area contributed by atoms with Crippen LogP contribution in [0.4, 0.5) is 4.39 Å². The van der Waals surface area contributed by atoms with Gasteiger partial charge in [-0.1, -0.05) is 0 Å². The first-order valence-electron chi connectivity index (χ1n) is 6.46. The maximum Gasteiger partial charge on any atom is 0.123 e. The second-order valence-corrected chi connectivity index (χ2v) is 5.93. The van der Waals surface area contributed by atoms with Crippen molar-refractivity contribution < 1.29 is 14.2 Å². The molecule has 0 saturated carbocycles. The highest BCUT2D eigenvalue weighted by molar-refractivity contribution is 7.11. The predicted molar refractivity (Wildman–Crippen MR) is 78.7 cm³/mol. The molecule has 2 N–H and O–H groups in total. The van der Waals surface area contributed by atoms with E-state index in [2.05, 4.69) is 24.4 Å². The zero-order valence-corrected chi connectivity index (χ0v) is 12.1. The van der Waals surface area contributed by atoms with E-state index in [1.54, 1.807) is 23.5 Å². The molecule has 0 aliphatic carbocycles. The molecule has 1 heterocycles. The molecule has 1 aromatic carbocycles. The van der Waals surface area contributed by atoms with Gasteiger partial charge in [-0.05, 0) is 43.3 Å². The topological polar surface area (TPSA) is 41.5 Å². The molecule has 0 amide bonds. The van der Waals surface area contributed by atoms with E-state index in [0.29, 0.717) is 12.3 Å². The second-order valence-electron chi connectivity index (χ2n) is 4.56. The van der Waals surface area contributed by atoms with E-state index in [4.69, 9.17) is 4.74 Å². The van der Waals surface area contributed by atoms with Crippen molar-refractivity contribution in [2.75, 3.05) is 13.2 Å². The Morgan fingerprint density at radius 1 is 1.25 bits per heavy atom. The van der Waals surface area contributed by atoms with Crippen LogP contribution in [0.25, 0.3) is 0 Å².